The van der Waals surface area contributed by atoms with E-state index >= 15 is 0 Å². The van der Waals surface area contributed by atoms with Crippen LogP contribution in [0.5, 0.6) is 0 Å². The van der Waals surface area contributed by atoms with Gasteiger partial charge in [-0.05, 0) is 44.7 Å². The van der Waals surface area contributed by atoms with Crippen LogP contribution in [0.1, 0.15) is 30.9 Å². The Labute approximate surface area is 226 Å². The molecule has 3 saturated heterocycles. The van der Waals surface area contributed by atoms with E-state index in [0.717, 1.165) is 16.8 Å². The fourth-order valence-corrected chi connectivity index (χ4v) is 7.26. The number of aliphatic hydroxyl groups is 1. The highest BCUT2D eigenvalue weighted by Crippen LogP contribution is 2.60. The molecule has 3 heterocycles. The van der Waals surface area contributed by atoms with E-state index in [1.165, 1.54) is 4.90 Å². The van der Waals surface area contributed by atoms with Gasteiger partial charge in [0.05, 0.1) is 37.2 Å². The highest BCUT2D eigenvalue weighted by molar-refractivity contribution is 9.09. The number of aryl methyl sites for hydroxylation is 2. The number of aliphatic hydroxyl groups excluding tert-OH is 1. The molecular weight excluding hydrogens is 540 g/mol. The Balaban J connectivity index is 1.81. The van der Waals surface area contributed by atoms with E-state index in [9.17, 15) is 19.5 Å². The maximum atomic E-state index is 14.5. The standard InChI is InChI=1S/C28H35BrN2O6/c1-6-8-13-36-27(35)20-21-25(33)31(18(5)15-32)24(28(21)14-19(29)23(20)37-28)26(34)30(12-7-2)22-16(3)10-9-11-17(22)4/h6-7,9-11,18-21,23-24,32H,1-2,8,12-15H2,3-5H3/t18-,19?,20+,21+,23+,24?,28?/m1/s1. The van der Waals surface area contributed by atoms with Crippen molar-refractivity contribution in [2.75, 3.05) is 24.7 Å². The zero-order chi connectivity index (χ0) is 27.1. The Morgan fingerprint density at radius 1 is 1.32 bits per heavy atom. The lowest BCUT2D eigenvalue weighted by atomic mass is 9.70. The summed E-state index contributed by atoms with van der Waals surface area (Å²) in [5.41, 5.74) is 1.34. The van der Waals surface area contributed by atoms with E-state index in [0.29, 0.717) is 12.8 Å². The van der Waals surface area contributed by atoms with Gasteiger partial charge in [0, 0.05) is 17.1 Å². The summed E-state index contributed by atoms with van der Waals surface area (Å²) in [6.45, 7) is 13.1. The van der Waals surface area contributed by atoms with E-state index in [4.69, 9.17) is 9.47 Å². The SMILES string of the molecule is C=CCCOC(=O)[C@H]1[C@H]2C(=O)N([C@H](C)CO)C(C(=O)N(CC=C)c3c(C)cccc3C)C23CC(Br)[C@@H]1O3. The number of carbonyl (C=O) groups is 3. The molecule has 7 atom stereocenters. The lowest BCUT2D eigenvalue weighted by molar-refractivity contribution is -0.155. The fourth-order valence-electron chi connectivity index (χ4n) is 6.32. The van der Waals surface area contributed by atoms with Gasteiger partial charge in [0.15, 0.2) is 0 Å². The lowest BCUT2D eigenvalue weighted by Crippen LogP contribution is -2.59. The van der Waals surface area contributed by atoms with Crippen molar-refractivity contribution in [3.63, 3.8) is 0 Å². The van der Waals surface area contributed by atoms with Gasteiger partial charge in [-0.15, -0.1) is 13.2 Å². The van der Waals surface area contributed by atoms with Crippen LogP contribution in [0.15, 0.2) is 43.5 Å². The molecule has 0 aliphatic carbocycles. The molecule has 3 fully saturated rings. The maximum absolute atomic E-state index is 14.5. The van der Waals surface area contributed by atoms with Gasteiger partial charge < -0.3 is 24.4 Å². The molecule has 4 rings (SSSR count). The zero-order valence-electron chi connectivity index (χ0n) is 21.6. The molecule has 8 nitrogen and oxygen atoms in total. The molecule has 0 radical (unpaired) electrons. The summed E-state index contributed by atoms with van der Waals surface area (Å²) < 4.78 is 12.0. The van der Waals surface area contributed by atoms with E-state index < -0.39 is 41.6 Å². The number of hydrogen-bond donors (Lipinski definition) is 1. The molecule has 3 aliphatic heterocycles. The van der Waals surface area contributed by atoms with Crippen molar-refractivity contribution >= 4 is 39.4 Å². The number of benzene rings is 1. The number of amides is 2. The highest BCUT2D eigenvalue weighted by Gasteiger charge is 2.77. The van der Waals surface area contributed by atoms with Crippen LogP contribution < -0.4 is 4.90 Å². The normalized spacial score (nSPS) is 30.7. The molecule has 1 aromatic rings. The van der Waals surface area contributed by atoms with Crippen molar-refractivity contribution in [1.29, 1.82) is 0 Å². The van der Waals surface area contributed by atoms with Gasteiger partial charge in [0.2, 0.25) is 5.91 Å². The molecule has 3 unspecified atom stereocenters. The number of likely N-dealkylation sites (tertiary alicyclic amines) is 1. The average Bonchev–Trinajstić information content (AvgIpc) is 3.46. The minimum absolute atomic E-state index is 0.158. The summed E-state index contributed by atoms with van der Waals surface area (Å²) in [5.74, 6) is -2.94. The third-order valence-electron chi connectivity index (χ3n) is 7.83. The summed E-state index contributed by atoms with van der Waals surface area (Å²) in [7, 11) is 0. The number of hydrogen-bond acceptors (Lipinski definition) is 6. The van der Waals surface area contributed by atoms with Gasteiger partial charge >= 0.3 is 5.97 Å². The predicted molar refractivity (Wildman–Crippen MR) is 143 cm³/mol. The number of halogens is 1. The second kappa shape index (κ2) is 10.7. The van der Waals surface area contributed by atoms with E-state index in [-0.39, 0.29) is 36.4 Å². The molecule has 9 heteroatoms. The molecule has 1 N–H and O–H groups in total. The van der Waals surface area contributed by atoms with Crippen LogP contribution >= 0.6 is 15.9 Å². The minimum Gasteiger partial charge on any atom is -0.465 e. The number of fused-ring (bicyclic) bond motifs is 1. The third kappa shape index (κ3) is 4.34. The summed E-state index contributed by atoms with van der Waals surface area (Å²) in [6.07, 6.45) is 3.58. The first-order valence-corrected chi connectivity index (χ1v) is 13.6. The van der Waals surface area contributed by atoms with E-state index in [2.05, 4.69) is 29.1 Å². The lowest BCUT2D eigenvalue weighted by Gasteiger charge is -2.39. The summed E-state index contributed by atoms with van der Waals surface area (Å²) in [4.78, 5) is 44.6. The third-order valence-corrected chi connectivity index (χ3v) is 8.67. The number of carbonyl (C=O) groups excluding carboxylic acids is 3. The van der Waals surface area contributed by atoms with E-state index in [1.807, 2.05) is 32.0 Å². The molecule has 200 valence electrons. The van der Waals surface area contributed by atoms with Crippen molar-refractivity contribution in [1.82, 2.24) is 4.90 Å². The summed E-state index contributed by atoms with van der Waals surface area (Å²) >= 11 is 3.65. The molecule has 2 bridgehead atoms. The Bertz CT molecular complexity index is 1090. The summed E-state index contributed by atoms with van der Waals surface area (Å²) in [6, 6.07) is 4.11. The minimum atomic E-state index is -1.23. The Kier molecular flexibility index (Phi) is 7.97. The molecule has 0 saturated carbocycles. The van der Waals surface area contributed by atoms with Gasteiger partial charge in [-0.25, -0.2) is 0 Å². The number of para-hydroxylation sites is 1. The van der Waals surface area contributed by atoms with Gasteiger partial charge in [-0.2, -0.15) is 0 Å². The fraction of sp³-hybridized carbons (Fsp3) is 0.536. The monoisotopic (exact) mass is 574 g/mol. The Morgan fingerprint density at radius 3 is 2.59 bits per heavy atom. The van der Waals surface area contributed by atoms with Crippen molar-refractivity contribution in [3.05, 3.63) is 54.6 Å². The van der Waals surface area contributed by atoms with Gasteiger partial charge in [0.1, 0.15) is 11.6 Å². The maximum Gasteiger partial charge on any atom is 0.312 e. The number of rotatable bonds is 10. The number of esters is 1. The van der Waals surface area contributed by atoms with Crippen molar-refractivity contribution in [3.8, 4) is 0 Å². The predicted octanol–water partition coefficient (Wildman–Crippen LogP) is 3.07. The number of nitrogens with zero attached hydrogens (tertiary/aromatic N) is 2. The van der Waals surface area contributed by atoms with Crippen molar-refractivity contribution in [2.24, 2.45) is 11.8 Å². The summed E-state index contributed by atoms with van der Waals surface area (Å²) in [5, 5.41) is 10.1. The highest BCUT2D eigenvalue weighted by atomic mass is 79.9. The first-order chi connectivity index (χ1) is 17.6. The van der Waals surface area contributed by atoms with Crippen LogP contribution in [0, 0.1) is 25.7 Å². The smallest absolute Gasteiger partial charge is 0.312 e. The molecular formula is C28H35BrN2O6. The second-order valence-electron chi connectivity index (χ2n) is 10.2. The van der Waals surface area contributed by atoms with Crippen LogP contribution in [-0.4, -0.2) is 76.2 Å². The first-order valence-electron chi connectivity index (χ1n) is 12.7. The largest absolute Gasteiger partial charge is 0.465 e. The molecule has 0 aromatic heterocycles. The van der Waals surface area contributed by atoms with Gasteiger partial charge in [-0.3, -0.25) is 14.4 Å². The number of anilines is 1. The quantitative estimate of drug-likeness (QED) is 0.200. The topological polar surface area (TPSA) is 96.4 Å². The van der Waals surface area contributed by atoms with Crippen LogP contribution in [0.3, 0.4) is 0 Å². The van der Waals surface area contributed by atoms with Crippen LogP contribution in [0.25, 0.3) is 0 Å². The number of ether oxygens (including phenoxy) is 2. The Hall–Kier alpha value is -2.49. The number of alkyl halides is 1. The van der Waals surface area contributed by atoms with E-state index in [1.54, 1.807) is 24.0 Å². The molecule has 2 amide bonds. The molecule has 1 spiro atoms. The van der Waals surface area contributed by atoms with Crippen LogP contribution in [0.2, 0.25) is 0 Å². The first kappa shape index (κ1) is 27.5. The Morgan fingerprint density at radius 2 is 2.00 bits per heavy atom. The van der Waals surface area contributed by atoms with Crippen LogP contribution in [0.4, 0.5) is 5.69 Å². The molecule has 3 aliphatic rings. The zero-order valence-corrected chi connectivity index (χ0v) is 23.1. The van der Waals surface area contributed by atoms with Crippen molar-refractivity contribution < 1.29 is 29.0 Å². The van der Waals surface area contributed by atoms with Crippen LogP contribution in [-0.2, 0) is 23.9 Å². The second-order valence-corrected chi connectivity index (χ2v) is 11.3. The molecule has 37 heavy (non-hydrogen) atoms. The molecule has 1 aromatic carbocycles. The van der Waals surface area contributed by atoms with Gasteiger partial charge in [0.25, 0.3) is 5.91 Å². The van der Waals surface area contributed by atoms with Crippen molar-refractivity contribution in [2.45, 2.75) is 62.2 Å². The van der Waals surface area contributed by atoms with Gasteiger partial charge in [-0.1, -0.05) is 46.3 Å². The average molecular weight is 576 g/mol.